The van der Waals surface area contributed by atoms with Gasteiger partial charge in [0.2, 0.25) is 6.79 Å². The highest BCUT2D eigenvalue weighted by molar-refractivity contribution is 6.03. The van der Waals surface area contributed by atoms with E-state index in [4.69, 9.17) is 9.47 Å². The molecule has 0 radical (unpaired) electrons. The Labute approximate surface area is 111 Å². The van der Waals surface area contributed by atoms with E-state index in [1.54, 1.807) is 18.2 Å². The smallest absolute Gasteiger partial charge is 0.325 e. The molecule has 8 nitrogen and oxygen atoms in total. The highest BCUT2D eigenvalue weighted by atomic mass is 16.7. The first-order chi connectivity index (χ1) is 9.63. The second-order valence-corrected chi connectivity index (χ2v) is 4.01. The van der Waals surface area contributed by atoms with Crippen molar-refractivity contribution in [3.63, 3.8) is 0 Å². The van der Waals surface area contributed by atoms with Crippen LogP contribution in [0.1, 0.15) is 10.4 Å². The fraction of sp³-hybridized carbons (Fsp3) is 0.0833. The zero-order valence-electron chi connectivity index (χ0n) is 10.1. The van der Waals surface area contributed by atoms with E-state index in [1.807, 2.05) is 4.98 Å². The van der Waals surface area contributed by atoms with Gasteiger partial charge in [-0.2, -0.15) is 0 Å². The number of carbonyl (C=O) groups is 1. The number of nitrogens with one attached hydrogen (secondary N) is 3. The van der Waals surface area contributed by atoms with Crippen LogP contribution in [0.4, 0.5) is 5.69 Å². The van der Waals surface area contributed by atoms with Crippen LogP contribution in [0.5, 0.6) is 11.5 Å². The van der Waals surface area contributed by atoms with E-state index >= 15 is 0 Å². The first-order valence-electron chi connectivity index (χ1n) is 5.66. The van der Waals surface area contributed by atoms with Crippen LogP contribution < -0.4 is 26.0 Å². The van der Waals surface area contributed by atoms with E-state index in [9.17, 15) is 14.4 Å². The molecule has 20 heavy (non-hydrogen) atoms. The Morgan fingerprint density at radius 1 is 1.20 bits per heavy atom. The number of H-pyrrole nitrogens is 2. The van der Waals surface area contributed by atoms with Crippen LogP contribution >= 0.6 is 0 Å². The summed E-state index contributed by atoms with van der Waals surface area (Å²) in [6.45, 7) is 0.131. The van der Waals surface area contributed by atoms with Gasteiger partial charge in [-0.1, -0.05) is 0 Å². The summed E-state index contributed by atoms with van der Waals surface area (Å²) >= 11 is 0. The van der Waals surface area contributed by atoms with Crippen molar-refractivity contribution in [2.45, 2.75) is 0 Å². The Bertz CT molecular complexity index is 792. The fourth-order valence-electron chi connectivity index (χ4n) is 1.75. The lowest BCUT2D eigenvalue weighted by Crippen LogP contribution is -2.29. The van der Waals surface area contributed by atoms with E-state index in [2.05, 4.69) is 10.3 Å². The maximum Gasteiger partial charge on any atom is 0.325 e. The minimum Gasteiger partial charge on any atom is -0.454 e. The summed E-state index contributed by atoms with van der Waals surface area (Å²) in [6, 6.07) is 4.85. The van der Waals surface area contributed by atoms with E-state index in [0.29, 0.717) is 17.2 Å². The maximum atomic E-state index is 11.9. The van der Waals surface area contributed by atoms with Crippen LogP contribution in [0, 0.1) is 0 Å². The van der Waals surface area contributed by atoms with Crippen LogP contribution in [0.3, 0.4) is 0 Å². The minimum absolute atomic E-state index is 0.131. The summed E-state index contributed by atoms with van der Waals surface area (Å²) in [4.78, 5) is 38.5. The van der Waals surface area contributed by atoms with Crippen molar-refractivity contribution in [1.82, 2.24) is 9.97 Å². The highest BCUT2D eigenvalue weighted by Gasteiger charge is 2.16. The van der Waals surface area contributed by atoms with Gasteiger partial charge >= 0.3 is 5.69 Å². The number of rotatable bonds is 2. The molecule has 0 unspecified atom stereocenters. The molecule has 3 rings (SSSR count). The van der Waals surface area contributed by atoms with Crippen LogP contribution in [-0.4, -0.2) is 22.7 Å². The molecule has 3 N–H and O–H groups in total. The minimum atomic E-state index is -0.757. The number of aromatic amines is 2. The van der Waals surface area contributed by atoms with Crippen molar-refractivity contribution >= 4 is 11.6 Å². The maximum absolute atomic E-state index is 11.9. The van der Waals surface area contributed by atoms with E-state index in [0.717, 1.165) is 6.20 Å². The molecule has 1 amide bonds. The average molecular weight is 275 g/mol. The van der Waals surface area contributed by atoms with E-state index in [-0.39, 0.29) is 12.4 Å². The molecule has 2 aromatic rings. The second-order valence-electron chi connectivity index (χ2n) is 4.01. The molecule has 0 fully saturated rings. The molecule has 0 bridgehead atoms. The molecule has 2 heterocycles. The summed E-state index contributed by atoms with van der Waals surface area (Å²) in [5.41, 5.74) is -1.17. The van der Waals surface area contributed by atoms with Gasteiger partial charge in [0, 0.05) is 18.0 Å². The molecule has 1 aromatic carbocycles. The summed E-state index contributed by atoms with van der Waals surface area (Å²) in [7, 11) is 0. The van der Waals surface area contributed by atoms with Gasteiger partial charge in [0.05, 0.1) is 0 Å². The van der Waals surface area contributed by atoms with Crippen LogP contribution in [0.2, 0.25) is 0 Å². The number of amides is 1. The third-order valence-electron chi connectivity index (χ3n) is 2.69. The number of ether oxygens (including phenoxy) is 2. The summed E-state index contributed by atoms with van der Waals surface area (Å²) in [5.74, 6) is 0.462. The molecular weight excluding hydrogens is 266 g/mol. The zero-order valence-corrected chi connectivity index (χ0v) is 10.1. The number of hydrogen-bond acceptors (Lipinski definition) is 5. The zero-order chi connectivity index (χ0) is 14.1. The van der Waals surface area contributed by atoms with Crippen molar-refractivity contribution < 1.29 is 14.3 Å². The lowest BCUT2D eigenvalue weighted by Gasteiger charge is -2.05. The fourth-order valence-corrected chi connectivity index (χ4v) is 1.75. The second kappa shape index (κ2) is 4.57. The van der Waals surface area contributed by atoms with Gasteiger partial charge in [-0.25, -0.2) is 4.79 Å². The normalized spacial score (nSPS) is 12.2. The van der Waals surface area contributed by atoms with Gasteiger partial charge in [-0.05, 0) is 12.1 Å². The number of fused-ring (bicyclic) bond motifs is 1. The summed E-state index contributed by atoms with van der Waals surface area (Å²) < 4.78 is 10.3. The van der Waals surface area contributed by atoms with Crippen LogP contribution in [-0.2, 0) is 0 Å². The molecule has 0 aliphatic carbocycles. The Morgan fingerprint density at radius 2 is 2.00 bits per heavy atom. The predicted molar refractivity (Wildman–Crippen MR) is 68.2 cm³/mol. The van der Waals surface area contributed by atoms with Gasteiger partial charge in [0.1, 0.15) is 5.56 Å². The van der Waals surface area contributed by atoms with E-state index < -0.39 is 17.2 Å². The third-order valence-corrected chi connectivity index (χ3v) is 2.69. The number of aromatic nitrogens is 2. The molecule has 0 atom stereocenters. The standard InChI is InChI=1S/C12H9N3O5/c16-10(7-4-13-12(18)15-11(7)17)14-6-1-2-8-9(3-6)20-5-19-8/h1-4H,5H2,(H,14,16)(H2,13,15,17,18). The van der Waals surface area contributed by atoms with Crippen molar-refractivity contribution in [3.05, 3.63) is 50.8 Å². The third kappa shape index (κ3) is 2.14. The Kier molecular flexibility index (Phi) is 2.75. The monoisotopic (exact) mass is 275 g/mol. The average Bonchev–Trinajstić information content (AvgIpc) is 2.85. The molecule has 1 aliphatic heterocycles. The molecule has 1 aromatic heterocycles. The predicted octanol–water partition coefficient (Wildman–Crippen LogP) is 0.0442. The molecule has 1 aliphatic rings. The largest absolute Gasteiger partial charge is 0.454 e. The van der Waals surface area contributed by atoms with Gasteiger partial charge in [0.15, 0.2) is 11.5 Å². The van der Waals surface area contributed by atoms with Crippen LogP contribution in [0.25, 0.3) is 0 Å². The van der Waals surface area contributed by atoms with Crippen molar-refractivity contribution in [2.75, 3.05) is 12.1 Å². The van der Waals surface area contributed by atoms with Gasteiger partial charge in [0.25, 0.3) is 11.5 Å². The number of benzene rings is 1. The molecule has 8 heteroatoms. The topological polar surface area (TPSA) is 113 Å². The lowest BCUT2D eigenvalue weighted by molar-refractivity contribution is 0.102. The Morgan fingerprint density at radius 3 is 2.80 bits per heavy atom. The first kappa shape index (κ1) is 12.0. The number of carbonyl (C=O) groups excluding carboxylic acids is 1. The summed E-state index contributed by atoms with van der Waals surface area (Å²) in [5, 5.41) is 2.53. The first-order valence-corrected chi connectivity index (χ1v) is 5.66. The van der Waals surface area contributed by atoms with Crippen molar-refractivity contribution in [1.29, 1.82) is 0 Å². The van der Waals surface area contributed by atoms with Gasteiger partial charge in [-0.15, -0.1) is 0 Å². The molecule has 0 saturated heterocycles. The Balaban J connectivity index is 1.86. The van der Waals surface area contributed by atoms with E-state index in [1.165, 1.54) is 0 Å². The van der Waals surface area contributed by atoms with Gasteiger partial charge < -0.3 is 19.8 Å². The van der Waals surface area contributed by atoms with Crippen molar-refractivity contribution in [3.8, 4) is 11.5 Å². The molecule has 0 spiro atoms. The lowest BCUT2D eigenvalue weighted by atomic mass is 10.2. The number of anilines is 1. The number of hydrogen-bond donors (Lipinski definition) is 3. The summed E-state index contributed by atoms with van der Waals surface area (Å²) in [6.07, 6.45) is 1.06. The molecular formula is C12H9N3O5. The Hall–Kier alpha value is -3.03. The molecule has 0 saturated carbocycles. The van der Waals surface area contributed by atoms with Crippen LogP contribution in [0.15, 0.2) is 34.0 Å². The van der Waals surface area contributed by atoms with Crippen molar-refractivity contribution in [2.24, 2.45) is 0 Å². The quantitative estimate of drug-likeness (QED) is 0.716. The molecule has 102 valence electrons. The SMILES string of the molecule is O=C(Nc1ccc2c(c1)OCO2)c1c[nH]c(=O)[nH]c1=O. The van der Waals surface area contributed by atoms with Gasteiger partial charge in [-0.3, -0.25) is 14.6 Å². The highest BCUT2D eigenvalue weighted by Crippen LogP contribution is 2.34.